The predicted octanol–water partition coefficient (Wildman–Crippen LogP) is -3.50. The van der Waals surface area contributed by atoms with Crippen molar-refractivity contribution < 1.29 is 65.7 Å². The van der Waals surface area contributed by atoms with Crippen molar-refractivity contribution in [3.63, 3.8) is 0 Å². The number of hydrogen-bond donors (Lipinski definition) is 0. The third-order valence-electron chi connectivity index (χ3n) is 3.16. The molecule has 0 radical (unpaired) electrons. The first-order valence-corrected chi connectivity index (χ1v) is 7.01. The third-order valence-corrected chi connectivity index (χ3v) is 3.58. The van der Waals surface area contributed by atoms with Crippen molar-refractivity contribution in [3.8, 4) is 0 Å². The summed E-state index contributed by atoms with van der Waals surface area (Å²) in [7, 11) is -0.320. The maximum atomic E-state index is 10.5. The summed E-state index contributed by atoms with van der Waals surface area (Å²) in [6.07, 6.45) is -2.20. The summed E-state index contributed by atoms with van der Waals surface area (Å²) in [4.78, 5) is 0. The molecular formula is C10H19NaO8S. The molecule has 0 aromatic rings. The van der Waals surface area contributed by atoms with Gasteiger partial charge < -0.3 is 23.5 Å². The summed E-state index contributed by atoms with van der Waals surface area (Å²) in [6, 6.07) is 0. The van der Waals surface area contributed by atoms with Gasteiger partial charge in [0, 0.05) is 27.2 Å². The first-order chi connectivity index (χ1) is 8.84. The van der Waals surface area contributed by atoms with Gasteiger partial charge in [-0.05, 0) is 0 Å². The monoisotopic (exact) mass is 322 g/mol. The van der Waals surface area contributed by atoms with Crippen LogP contribution in [0.25, 0.3) is 0 Å². The van der Waals surface area contributed by atoms with Crippen molar-refractivity contribution in [1.82, 2.24) is 0 Å². The van der Waals surface area contributed by atoms with Gasteiger partial charge in [0.1, 0.15) is 6.10 Å². The Bertz CT molecular complexity index is 375. The van der Waals surface area contributed by atoms with Gasteiger partial charge in [0.25, 0.3) is 0 Å². The van der Waals surface area contributed by atoms with Gasteiger partial charge in [-0.1, -0.05) is 6.92 Å². The van der Waals surface area contributed by atoms with E-state index in [1.54, 1.807) is 6.92 Å². The normalized spacial score (nSPS) is 34.5. The van der Waals surface area contributed by atoms with Crippen LogP contribution in [0.3, 0.4) is 0 Å². The molecule has 20 heavy (non-hydrogen) atoms. The van der Waals surface area contributed by atoms with Crippen LogP contribution < -0.4 is 29.6 Å². The minimum Gasteiger partial charge on any atom is -0.726 e. The molecule has 5 atom stereocenters. The van der Waals surface area contributed by atoms with E-state index in [1.165, 1.54) is 21.3 Å². The zero-order valence-corrected chi connectivity index (χ0v) is 15.1. The second-order valence-corrected chi connectivity index (χ2v) is 5.28. The van der Waals surface area contributed by atoms with Crippen LogP contribution in [0.2, 0.25) is 0 Å². The number of methoxy groups -OCH3 is 3. The molecule has 0 amide bonds. The van der Waals surface area contributed by atoms with Gasteiger partial charge in [-0.25, -0.2) is 8.42 Å². The number of ether oxygens (including phenoxy) is 4. The van der Waals surface area contributed by atoms with Crippen LogP contribution in [0, 0.1) is 5.92 Å². The van der Waals surface area contributed by atoms with Gasteiger partial charge in [-0.15, -0.1) is 0 Å². The molecule has 1 saturated heterocycles. The van der Waals surface area contributed by atoms with Gasteiger partial charge in [-0.3, -0.25) is 4.18 Å². The first kappa shape index (κ1) is 20.7. The molecule has 0 spiro atoms. The van der Waals surface area contributed by atoms with Gasteiger partial charge in [0.05, 0.1) is 18.8 Å². The predicted molar refractivity (Wildman–Crippen MR) is 62.1 cm³/mol. The van der Waals surface area contributed by atoms with Gasteiger partial charge >= 0.3 is 29.6 Å². The van der Waals surface area contributed by atoms with Crippen molar-refractivity contribution in [2.45, 2.75) is 31.5 Å². The minimum absolute atomic E-state index is 0. The van der Waals surface area contributed by atoms with Crippen molar-refractivity contribution in [2.75, 3.05) is 27.9 Å². The van der Waals surface area contributed by atoms with Crippen molar-refractivity contribution in [1.29, 1.82) is 0 Å². The SMILES string of the molecule is CO[C@@H]1OC(COS(=O)(=O)[O-])[C@H](C)[C@H](OC)[C@H]1OC.[Na+]. The van der Waals surface area contributed by atoms with Crippen LogP contribution in [-0.2, 0) is 33.5 Å². The Labute approximate surface area is 141 Å². The molecule has 0 aromatic heterocycles. The smallest absolute Gasteiger partial charge is 0.726 e. The van der Waals surface area contributed by atoms with E-state index in [4.69, 9.17) is 18.9 Å². The summed E-state index contributed by atoms with van der Waals surface area (Å²) >= 11 is 0. The fraction of sp³-hybridized carbons (Fsp3) is 1.00. The zero-order chi connectivity index (χ0) is 14.6. The molecule has 1 aliphatic rings. The average Bonchev–Trinajstić information content (AvgIpc) is 2.35. The standard InChI is InChI=1S/C10H20O8S.Na/c1-6-7(5-17-19(11,12)13)18-10(16-4)9(15-3)8(6)14-2;/h6-10H,5H2,1-4H3,(H,11,12,13);/q;+1/p-1/t6-,7?,8-,9+,10+;/m0./s1. The number of rotatable bonds is 6. The Balaban J connectivity index is 0.00000361. The Morgan fingerprint density at radius 1 is 1.10 bits per heavy atom. The Kier molecular flexibility index (Phi) is 9.30. The second kappa shape index (κ2) is 8.99. The van der Waals surface area contributed by atoms with Gasteiger partial charge in [0.15, 0.2) is 6.29 Å². The summed E-state index contributed by atoms with van der Waals surface area (Å²) < 4.78 is 56.9. The van der Waals surface area contributed by atoms with E-state index in [0.717, 1.165) is 0 Å². The molecule has 1 aliphatic heterocycles. The fourth-order valence-electron chi connectivity index (χ4n) is 2.16. The van der Waals surface area contributed by atoms with E-state index in [2.05, 4.69) is 4.18 Å². The van der Waals surface area contributed by atoms with E-state index in [1.807, 2.05) is 0 Å². The first-order valence-electron chi connectivity index (χ1n) is 5.68. The quantitative estimate of drug-likeness (QED) is 0.282. The van der Waals surface area contributed by atoms with Crippen molar-refractivity contribution in [2.24, 2.45) is 5.92 Å². The molecule has 1 heterocycles. The van der Waals surface area contributed by atoms with Crippen LogP contribution in [0.4, 0.5) is 0 Å². The van der Waals surface area contributed by atoms with Crippen molar-refractivity contribution in [3.05, 3.63) is 0 Å². The Hall–Kier alpha value is 0.710. The molecular weight excluding hydrogens is 303 g/mol. The van der Waals surface area contributed by atoms with E-state index < -0.39 is 28.9 Å². The molecule has 0 aliphatic carbocycles. The molecule has 8 nitrogen and oxygen atoms in total. The maximum Gasteiger partial charge on any atom is 1.00 e. The van der Waals surface area contributed by atoms with Crippen LogP contribution in [-0.4, -0.2) is 65.5 Å². The van der Waals surface area contributed by atoms with Crippen LogP contribution in [0.15, 0.2) is 0 Å². The molecule has 10 heteroatoms. The van der Waals surface area contributed by atoms with Crippen molar-refractivity contribution >= 4 is 10.4 Å². The van der Waals surface area contributed by atoms with E-state index >= 15 is 0 Å². The molecule has 0 saturated carbocycles. The second-order valence-electron chi connectivity index (χ2n) is 4.23. The van der Waals surface area contributed by atoms with Crippen LogP contribution >= 0.6 is 0 Å². The molecule has 0 bridgehead atoms. The molecule has 1 unspecified atom stereocenters. The largest absolute Gasteiger partial charge is 1.00 e. The third kappa shape index (κ3) is 5.48. The van der Waals surface area contributed by atoms with Crippen LogP contribution in [0.1, 0.15) is 6.92 Å². The van der Waals surface area contributed by atoms with E-state index in [0.29, 0.717) is 0 Å². The maximum absolute atomic E-state index is 10.5. The van der Waals surface area contributed by atoms with Crippen LogP contribution in [0.5, 0.6) is 0 Å². The minimum atomic E-state index is -4.76. The summed E-state index contributed by atoms with van der Waals surface area (Å²) in [5, 5.41) is 0. The molecule has 1 fully saturated rings. The summed E-state index contributed by atoms with van der Waals surface area (Å²) in [5.74, 6) is -0.233. The Morgan fingerprint density at radius 2 is 1.65 bits per heavy atom. The topological polar surface area (TPSA) is 103 Å². The molecule has 114 valence electrons. The molecule has 0 aromatic carbocycles. The summed E-state index contributed by atoms with van der Waals surface area (Å²) in [5.41, 5.74) is 0. The van der Waals surface area contributed by atoms with Gasteiger partial charge in [0.2, 0.25) is 10.4 Å². The zero-order valence-electron chi connectivity index (χ0n) is 12.3. The Morgan fingerprint density at radius 3 is 2.05 bits per heavy atom. The molecule has 0 N–H and O–H groups in total. The van der Waals surface area contributed by atoms with E-state index in [9.17, 15) is 13.0 Å². The van der Waals surface area contributed by atoms with Gasteiger partial charge in [-0.2, -0.15) is 0 Å². The average molecular weight is 322 g/mol. The number of hydrogen-bond acceptors (Lipinski definition) is 8. The van der Waals surface area contributed by atoms with E-state index in [-0.39, 0.29) is 48.2 Å². The summed E-state index contributed by atoms with van der Waals surface area (Å²) in [6.45, 7) is 1.40. The molecule has 1 rings (SSSR count). The fourth-order valence-corrected chi connectivity index (χ4v) is 2.47.